The number of nitrogens with one attached hydrogen (secondary N) is 1. The topological polar surface area (TPSA) is 93.5 Å². The molecule has 0 aliphatic carbocycles. The van der Waals surface area contributed by atoms with E-state index >= 15 is 0 Å². The van der Waals surface area contributed by atoms with Gasteiger partial charge >= 0.3 is 5.97 Å². The third-order valence-electron chi connectivity index (χ3n) is 4.00. The highest BCUT2D eigenvalue weighted by molar-refractivity contribution is 7.20. The van der Waals surface area contributed by atoms with Crippen molar-refractivity contribution >= 4 is 39.1 Å². The quantitative estimate of drug-likeness (QED) is 0.711. The number of carbonyl (C=O) groups is 2. The number of aromatic carboxylic acids is 1. The highest BCUT2D eigenvalue weighted by atomic mass is 32.1. The second-order valence-corrected chi connectivity index (χ2v) is 7.20. The number of hydrogen-bond acceptors (Lipinski definition) is 5. The molecular weight excluding hydrogens is 354 g/mol. The zero-order chi connectivity index (χ0) is 19.0. The summed E-state index contributed by atoms with van der Waals surface area (Å²) in [5, 5.41) is 17.4. The van der Waals surface area contributed by atoms with Crippen molar-refractivity contribution in [2.45, 2.75) is 19.8 Å². The van der Waals surface area contributed by atoms with Gasteiger partial charge in [0.25, 0.3) is 5.91 Å². The summed E-state index contributed by atoms with van der Waals surface area (Å²) >= 11 is 1.37. The van der Waals surface area contributed by atoms with Crippen LogP contribution in [0.15, 0.2) is 24.3 Å². The molecule has 2 heterocycles. The van der Waals surface area contributed by atoms with E-state index in [0.717, 1.165) is 15.9 Å². The van der Waals surface area contributed by atoms with E-state index in [2.05, 4.69) is 24.3 Å². The number of amides is 1. The first-order valence-corrected chi connectivity index (χ1v) is 8.82. The molecule has 2 aromatic heterocycles. The van der Waals surface area contributed by atoms with E-state index in [1.165, 1.54) is 36.6 Å². The standard InChI is InChI=1S/C18H19N3O4S/c1-9(2)15-12-8-14(26-17(12)21(3)20-15)16(22)19-10-5-6-11(18(23)24)13(7-10)25-4/h5-9H,1-4H3,(H,19,22)(H,23,24). The minimum Gasteiger partial charge on any atom is -0.496 e. The largest absolute Gasteiger partial charge is 0.496 e. The van der Waals surface area contributed by atoms with Crippen LogP contribution in [0.4, 0.5) is 5.69 Å². The molecule has 0 atom stereocenters. The predicted octanol–water partition coefficient (Wildman–Crippen LogP) is 3.72. The number of benzene rings is 1. The summed E-state index contributed by atoms with van der Waals surface area (Å²) in [6.07, 6.45) is 0. The molecule has 0 fully saturated rings. The lowest BCUT2D eigenvalue weighted by atomic mass is 10.1. The van der Waals surface area contributed by atoms with Crippen molar-refractivity contribution in [2.75, 3.05) is 12.4 Å². The molecule has 0 bridgehead atoms. The Morgan fingerprint density at radius 2 is 2.04 bits per heavy atom. The van der Waals surface area contributed by atoms with Crippen LogP contribution in [0.1, 0.15) is 45.5 Å². The first kappa shape index (κ1) is 17.9. The van der Waals surface area contributed by atoms with Gasteiger partial charge in [0.15, 0.2) is 0 Å². The molecular formula is C18H19N3O4S. The lowest BCUT2D eigenvalue weighted by Crippen LogP contribution is -2.11. The van der Waals surface area contributed by atoms with Crippen molar-refractivity contribution in [3.63, 3.8) is 0 Å². The Labute approximate surface area is 154 Å². The number of anilines is 1. The Hall–Kier alpha value is -2.87. The fourth-order valence-corrected chi connectivity index (χ4v) is 3.72. The number of thiophene rings is 1. The van der Waals surface area contributed by atoms with Crippen molar-refractivity contribution in [2.24, 2.45) is 7.05 Å². The molecule has 1 amide bonds. The molecule has 3 rings (SSSR count). The molecule has 0 aliphatic rings. The van der Waals surface area contributed by atoms with Gasteiger partial charge in [-0.3, -0.25) is 9.48 Å². The lowest BCUT2D eigenvalue weighted by Gasteiger charge is -2.08. The van der Waals surface area contributed by atoms with E-state index in [4.69, 9.17) is 9.84 Å². The van der Waals surface area contributed by atoms with Gasteiger partial charge in [-0.05, 0) is 24.1 Å². The zero-order valence-corrected chi connectivity index (χ0v) is 15.7. The van der Waals surface area contributed by atoms with Crippen LogP contribution in [0.3, 0.4) is 0 Å². The van der Waals surface area contributed by atoms with E-state index in [0.29, 0.717) is 10.6 Å². The molecule has 0 unspecified atom stereocenters. The average Bonchev–Trinajstić information content (AvgIpc) is 3.15. The van der Waals surface area contributed by atoms with Gasteiger partial charge in [-0.2, -0.15) is 5.10 Å². The van der Waals surface area contributed by atoms with Gasteiger partial charge in [0.2, 0.25) is 0 Å². The van der Waals surface area contributed by atoms with Crippen LogP contribution in [0.2, 0.25) is 0 Å². The van der Waals surface area contributed by atoms with E-state index in [-0.39, 0.29) is 23.1 Å². The number of carboxylic acid groups (broad SMARTS) is 1. The van der Waals surface area contributed by atoms with E-state index in [9.17, 15) is 9.59 Å². The monoisotopic (exact) mass is 373 g/mol. The Morgan fingerprint density at radius 3 is 2.65 bits per heavy atom. The highest BCUT2D eigenvalue weighted by Crippen LogP contribution is 2.32. The van der Waals surface area contributed by atoms with Crippen LogP contribution in [0.5, 0.6) is 5.75 Å². The Bertz CT molecular complexity index is 1000. The first-order chi connectivity index (χ1) is 12.3. The summed E-state index contributed by atoms with van der Waals surface area (Å²) in [6.45, 7) is 4.13. The van der Waals surface area contributed by atoms with Crippen LogP contribution < -0.4 is 10.1 Å². The number of ether oxygens (including phenoxy) is 1. The van der Waals surface area contributed by atoms with Gasteiger partial charge in [0, 0.05) is 24.2 Å². The molecule has 2 N–H and O–H groups in total. The highest BCUT2D eigenvalue weighted by Gasteiger charge is 2.19. The number of aromatic nitrogens is 2. The molecule has 3 aromatic rings. The summed E-state index contributed by atoms with van der Waals surface area (Å²) in [6, 6.07) is 6.29. The summed E-state index contributed by atoms with van der Waals surface area (Å²) < 4.78 is 6.88. The molecule has 0 saturated carbocycles. The van der Waals surface area contributed by atoms with Gasteiger partial charge in [-0.1, -0.05) is 13.8 Å². The number of rotatable bonds is 5. The van der Waals surface area contributed by atoms with Gasteiger partial charge in [0.05, 0.1) is 17.7 Å². The van der Waals surface area contributed by atoms with Crippen molar-refractivity contribution in [1.29, 1.82) is 0 Å². The number of hydrogen-bond donors (Lipinski definition) is 2. The van der Waals surface area contributed by atoms with Crippen molar-refractivity contribution in [3.05, 3.63) is 40.4 Å². The molecule has 136 valence electrons. The molecule has 0 spiro atoms. The number of nitrogens with zero attached hydrogens (tertiary/aromatic N) is 2. The predicted molar refractivity (Wildman–Crippen MR) is 101 cm³/mol. The second-order valence-electron chi connectivity index (χ2n) is 6.17. The Kier molecular flexibility index (Phi) is 4.69. The van der Waals surface area contributed by atoms with Crippen molar-refractivity contribution in [3.8, 4) is 5.75 Å². The van der Waals surface area contributed by atoms with Crippen molar-refractivity contribution < 1.29 is 19.4 Å². The Balaban J connectivity index is 1.90. The molecule has 7 nitrogen and oxygen atoms in total. The van der Waals surface area contributed by atoms with Gasteiger partial charge in [0.1, 0.15) is 16.1 Å². The molecule has 8 heteroatoms. The summed E-state index contributed by atoms with van der Waals surface area (Å²) in [5.41, 5.74) is 1.47. The van der Waals surface area contributed by atoms with Crippen LogP contribution in [0, 0.1) is 0 Å². The Morgan fingerprint density at radius 1 is 1.31 bits per heavy atom. The zero-order valence-electron chi connectivity index (χ0n) is 14.9. The van der Waals surface area contributed by atoms with Crippen LogP contribution >= 0.6 is 11.3 Å². The smallest absolute Gasteiger partial charge is 0.339 e. The van der Waals surface area contributed by atoms with Gasteiger partial charge in [-0.25, -0.2) is 4.79 Å². The minimum absolute atomic E-state index is 0.0417. The molecule has 1 aromatic carbocycles. The first-order valence-electron chi connectivity index (χ1n) is 8.01. The summed E-state index contributed by atoms with van der Waals surface area (Å²) in [7, 11) is 3.25. The number of fused-ring (bicyclic) bond motifs is 1. The second kappa shape index (κ2) is 6.80. The van der Waals surface area contributed by atoms with Crippen molar-refractivity contribution in [1.82, 2.24) is 9.78 Å². The van der Waals surface area contributed by atoms with E-state index in [1.54, 1.807) is 4.68 Å². The van der Waals surface area contributed by atoms with Gasteiger partial charge < -0.3 is 15.2 Å². The number of carbonyl (C=O) groups excluding carboxylic acids is 1. The summed E-state index contributed by atoms with van der Waals surface area (Å²) in [4.78, 5) is 25.3. The van der Waals surface area contributed by atoms with E-state index in [1.807, 2.05) is 13.1 Å². The normalized spacial score (nSPS) is 11.1. The summed E-state index contributed by atoms with van der Waals surface area (Å²) in [5.74, 6) is -0.890. The average molecular weight is 373 g/mol. The molecule has 26 heavy (non-hydrogen) atoms. The molecule has 0 radical (unpaired) electrons. The lowest BCUT2D eigenvalue weighted by molar-refractivity contribution is 0.0693. The van der Waals surface area contributed by atoms with Crippen LogP contribution in [-0.2, 0) is 7.05 Å². The maximum atomic E-state index is 12.6. The van der Waals surface area contributed by atoms with Gasteiger partial charge in [-0.15, -0.1) is 11.3 Å². The number of methoxy groups -OCH3 is 1. The SMILES string of the molecule is COc1cc(NC(=O)c2cc3c(C(C)C)nn(C)c3s2)ccc1C(=O)O. The third-order valence-corrected chi connectivity index (χ3v) is 5.20. The fraction of sp³-hybridized carbons (Fsp3) is 0.278. The fourth-order valence-electron chi connectivity index (χ4n) is 2.74. The van der Waals surface area contributed by atoms with Crippen LogP contribution in [-0.4, -0.2) is 33.9 Å². The van der Waals surface area contributed by atoms with E-state index < -0.39 is 5.97 Å². The third kappa shape index (κ3) is 3.15. The number of aryl methyl sites for hydroxylation is 1. The maximum absolute atomic E-state index is 12.6. The number of carboxylic acids is 1. The molecule has 0 aliphatic heterocycles. The maximum Gasteiger partial charge on any atom is 0.339 e. The molecule has 0 saturated heterocycles. The minimum atomic E-state index is -1.09. The van der Waals surface area contributed by atoms with Crippen LogP contribution in [0.25, 0.3) is 10.2 Å².